The Morgan fingerprint density at radius 2 is 2.18 bits per heavy atom. The van der Waals surface area contributed by atoms with Gasteiger partial charge < -0.3 is 14.5 Å². The number of nitrogens with zero attached hydrogens (tertiary/aromatic N) is 3. The summed E-state index contributed by atoms with van der Waals surface area (Å²) < 4.78 is 5.58. The van der Waals surface area contributed by atoms with Gasteiger partial charge in [0.25, 0.3) is 0 Å². The number of carbonyl (C=O) groups is 1. The summed E-state index contributed by atoms with van der Waals surface area (Å²) in [6, 6.07) is 4.30. The lowest BCUT2D eigenvalue weighted by molar-refractivity contribution is 0.00670. The molecule has 0 radical (unpaired) electrons. The Morgan fingerprint density at radius 3 is 2.86 bits per heavy atom. The lowest BCUT2D eigenvalue weighted by Gasteiger charge is -2.37. The highest BCUT2D eigenvalue weighted by atomic mass is 16.6. The van der Waals surface area contributed by atoms with Crippen LogP contribution in [0.4, 0.5) is 10.5 Å². The highest BCUT2D eigenvalue weighted by Gasteiger charge is 2.42. The van der Waals surface area contributed by atoms with Crippen LogP contribution in [0.1, 0.15) is 33.6 Å². The van der Waals surface area contributed by atoms with E-state index in [2.05, 4.69) is 16.0 Å². The number of hydrogen-bond donors (Lipinski definition) is 0. The molecule has 0 spiro atoms. The van der Waals surface area contributed by atoms with E-state index in [1.807, 2.05) is 37.9 Å². The second-order valence-electron chi connectivity index (χ2n) is 7.26. The van der Waals surface area contributed by atoms with Crippen molar-refractivity contribution in [3.05, 3.63) is 24.5 Å². The largest absolute Gasteiger partial charge is 0.444 e. The highest BCUT2D eigenvalue weighted by Crippen LogP contribution is 2.33. The number of aromatic nitrogens is 1. The minimum absolute atomic E-state index is 0.171. The van der Waals surface area contributed by atoms with E-state index in [0.717, 1.165) is 31.7 Å². The number of hydrogen-bond acceptors (Lipinski definition) is 4. The average molecular weight is 303 g/mol. The van der Waals surface area contributed by atoms with E-state index in [4.69, 9.17) is 4.74 Å². The third-order valence-corrected chi connectivity index (χ3v) is 4.42. The Balaban J connectivity index is 1.72. The monoisotopic (exact) mass is 303 g/mol. The number of fused-ring (bicyclic) bond motifs is 1. The van der Waals surface area contributed by atoms with Crippen LogP contribution in [-0.2, 0) is 4.74 Å². The van der Waals surface area contributed by atoms with Gasteiger partial charge in [0.1, 0.15) is 5.60 Å². The molecule has 2 atom stereocenters. The standard InChI is InChI=1S/C17H25N3O2/c1-17(2,3)22-16(21)20-9-5-6-13-11-19(12-15(13)20)14-7-4-8-18-10-14/h4,7-8,10,13,15H,5-6,9,11-12H2,1-3H3/t13-,15+/m0/s1. The predicted octanol–water partition coefficient (Wildman–Crippen LogP) is 2.92. The third kappa shape index (κ3) is 3.18. The summed E-state index contributed by atoms with van der Waals surface area (Å²) in [4.78, 5) is 21.0. The summed E-state index contributed by atoms with van der Waals surface area (Å²) in [5.41, 5.74) is 0.701. The number of anilines is 1. The van der Waals surface area contributed by atoms with Crippen molar-refractivity contribution in [2.24, 2.45) is 5.92 Å². The van der Waals surface area contributed by atoms with Crippen molar-refractivity contribution in [3.63, 3.8) is 0 Å². The zero-order valence-electron chi connectivity index (χ0n) is 13.7. The fourth-order valence-corrected chi connectivity index (χ4v) is 3.48. The number of carbonyl (C=O) groups excluding carboxylic acids is 1. The fourth-order valence-electron chi connectivity index (χ4n) is 3.48. The molecule has 0 bridgehead atoms. The second-order valence-corrected chi connectivity index (χ2v) is 7.26. The Morgan fingerprint density at radius 1 is 1.36 bits per heavy atom. The van der Waals surface area contributed by atoms with Crippen molar-refractivity contribution >= 4 is 11.8 Å². The van der Waals surface area contributed by atoms with Gasteiger partial charge in [0.05, 0.1) is 17.9 Å². The van der Waals surface area contributed by atoms with Gasteiger partial charge in [0.2, 0.25) is 0 Å². The van der Waals surface area contributed by atoms with Crippen LogP contribution in [0.2, 0.25) is 0 Å². The topological polar surface area (TPSA) is 45.7 Å². The summed E-state index contributed by atoms with van der Waals surface area (Å²) in [5, 5.41) is 0. The first-order chi connectivity index (χ1) is 10.4. The zero-order valence-corrected chi connectivity index (χ0v) is 13.7. The van der Waals surface area contributed by atoms with Gasteiger partial charge in [-0.1, -0.05) is 0 Å². The van der Waals surface area contributed by atoms with Crippen molar-refractivity contribution < 1.29 is 9.53 Å². The van der Waals surface area contributed by atoms with Crippen molar-refractivity contribution in [1.29, 1.82) is 0 Å². The number of piperidine rings is 1. The van der Waals surface area contributed by atoms with Crippen LogP contribution in [-0.4, -0.2) is 47.3 Å². The summed E-state index contributed by atoms with van der Waals surface area (Å²) in [6.45, 7) is 8.43. The molecule has 0 saturated carbocycles. The summed E-state index contributed by atoms with van der Waals surface area (Å²) in [5.74, 6) is 0.529. The van der Waals surface area contributed by atoms with E-state index >= 15 is 0 Å². The van der Waals surface area contributed by atoms with Crippen LogP contribution in [0.5, 0.6) is 0 Å². The number of amides is 1. The quantitative estimate of drug-likeness (QED) is 0.800. The first-order valence-corrected chi connectivity index (χ1v) is 8.08. The SMILES string of the molecule is CC(C)(C)OC(=O)N1CCC[C@H]2CN(c3cccnc3)C[C@H]21. The summed E-state index contributed by atoms with van der Waals surface area (Å²) in [6.07, 6.45) is 5.76. The van der Waals surface area contributed by atoms with Gasteiger partial charge in [0.15, 0.2) is 0 Å². The van der Waals surface area contributed by atoms with E-state index in [0.29, 0.717) is 5.92 Å². The van der Waals surface area contributed by atoms with Crippen LogP contribution < -0.4 is 4.90 Å². The van der Waals surface area contributed by atoms with Crippen molar-refractivity contribution in [2.45, 2.75) is 45.3 Å². The minimum atomic E-state index is -0.439. The average Bonchev–Trinajstić information content (AvgIpc) is 2.90. The van der Waals surface area contributed by atoms with Crippen molar-refractivity contribution in [2.75, 3.05) is 24.5 Å². The van der Waals surface area contributed by atoms with Crippen LogP contribution in [0, 0.1) is 5.92 Å². The zero-order chi connectivity index (χ0) is 15.7. The smallest absolute Gasteiger partial charge is 0.410 e. The lowest BCUT2D eigenvalue weighted by atomic mass is 9.92. The Labute approximate surface area is 132 Å². The molecule has 22 heavy (non-hydrogen) atoms. The van der Waals surface area contributed by atoms with Gasteiger partial charge in [-0.15, -0.1) is 0 Å². The summed E-state index contributed by atoms with van der Waals surface area (Å²) in [7, 11) is 0. The predicted molar refractivity (Wildman–Crippen MR) is 85.9 cm³/mol. The van der Waals surface area contributed by atoms with E-state index in [1.54, 1.807) is 6.20 Å². The number of pyridine rings is 1. The highest BCUT2D eigenvalue weighted by molar-refractivity contribution is 5.69. The number of rotatable bonds is 1. The van der Waals surface area contributed by atoms with E-state index in [-0.39, 0.29) is 12.1 Å². The molecule has 0 aliphatic carbocycles. The van der Waals surface area contributed by atoms with E-state index in [9.17, 15) is 4.79 Å². The molecule has 5 nitrogen and oxygen atoms in total. The Bertz CT molecular complexity index is 526. The molecule has 2 fully saturated rings. The molecule has 0 N–H and O–H groups in total. The fraction of sp³-hybridized carbons (Fsp3) is 0.647. The van der Waals surface area contributed by atoms with Gasteiger partial charge in [-0.2, -0.15) is 0 Å². The molecule has 0 aromatic carbocycles. The van der Waals surface area contributed by atoms with Crippen molar-refractivity contribution in [1.82, 2.24) is 9.88 Å². The lowest BCUT2D eigenvalue weighted by Crippen LogP contribution is -2.50. The van der Waals surface area contributed by atoms with Crippen LogP contribution in [0.15, 0.2) is 24.5 Å². The molecule has 2 saturated heterocycles. The molecule has 1 aromatic heterocycles. The molecule has 3 heterocycles. The maximum atomic E-state index is 12.5. The third-order valence-electron chi connectivity index (χ3n) is 4.42. The molecular formula is C17H25N3O2. The molecule has 5 heteroatoms. The molecule has 0 unspecified atom stereocenters. The van der Waals surface area contributed by atoms with Gasteiger partial charge in [0, 0.05) is 25.8 Å². The Hall–Kier alpha value is -1.78. The molecule has 2 aliphatic rings. The van der Waals surface area contributed by atoms with Gasteiger partial charge >= 0.3 is 6.09 Å². The van der Waals surface area contributed by atoms with E-state index < -0.39 is 5.60 Å². The van der Waals surface area contributed by atoms with Gasteiger partial charge in [-0.05, 0) is 51.7 Å². The van der Waals surface area contributed by atoms with Crippen LogP contribution >= 0.6 is 0 Å². The molecule has 2 aliphatic heterocycles. The molecule has 1 amide bonds. The van der Waals surface area contributed by atoms with Crippen LogP contribution in [0.25, 0.3) is 0 Å². The maximum Gasteiger partial charge on any atom is 0.410 e. The number of likely N-dealkylation sites (tertiary alicyclic amines) is 1. The molecular weight excluding hydrogens is 278 g/mol. The van der Waals surface area contributed by atoms with Crippen molar-refractivity contribution in [3.8, 4) is 0 Å². The Kier molecular flexibility index (Phi) is 3.98. The first-order valence-electron chi connectivity index (χ1n) is 8.08. The minimum Gasteiger partial charge on any atom is -0.444 e. The first kappa shape index (κ1) is 15.1. The molecule has 1 aromatic rings. The van der Waals surface area contributed by atoms with Gasteiger partial charge in [-0.3, -0.25) is 4.98 Å². The molecule has 120 valence electrons. The normalized spacial score (nSPS) is 25.0. The van der Waals surface area contributed by atoms with Crippen LogP contribution in [0.3, 0.4) is 0 Å². The maximum absolute atomic E-state index is 12.5. The van der Waals surface area contributed by atoms with E-state index in [1.165, 1.54) is 6.42 Å². The molecule has 3 rings (SSSR count). The number of ether oxygens (including phenoxy) is 1. The van der Waals surface area contributed by atoms with Gasteiger partial charge in [-0.25, -0.2) is 4.79 Å². The summed E-state index contributed by atoms with van der Waals surface area (Å²) >= 11 is 0. The second kappa shape index (κ2) is 5.78.